The fraction of sp³-hybridized carbons (Fsp3) is 0.600. The van der Waals surface area contributed by atoms with E-state index in [1.54, 1.807) is 7.05 Å². The first kappa shape index (κ1) is 23.5. The van der Waals surface area contributed by atoms with E-state index in [1.807, 2.05) is 24.3 Å². The van der Waals surface area contributed by atoms with Gasteiger partial charge >= 0.3 is 0 Å². The van der Waals surface area contributed by atoms with Gasteiger partial charge in [-0.2, -0.15) is 0 Å². The predicted molar refractivity (Wildman–Crippen MR) is 121 cm³/mol. The smallest absolute Gasteiger partial charge is 0.258 e. The maximum atomic E-state index is 11.6. The molecule has 1 aliphatic carbocycles. The molecule has 0 aliphatic heterocycles. The van der Waals surface area contributed by atoms with Crippen LogP contribution in [0.1, 0.15) is 39.2 Å². The molecule has 1 unspecified atom stereocenters. The van der Waals surface area contributed by atoms with Crippen LogP contribution in [-0.2, 0) is 11.2 Å². The number of amides is 1. The fourth-order valence-corrected chi connectivity index (χ4v) is 2.30. The molecule has 1 aliphatic rings. The first-order valence-electron chi connectivity index (χ1n) is 9.46. The normalized spacial score (nSPS) is 14.9. The number of carbonyl (C=O) groups is 1. The first-order valence-corrected chi connectivity index (χ1v) is 9.46. The molecule has 1 saturated carbocycles. The largest absolute Gasteiger partial charge is 0.484 e. The fourth-order valence-electron chi connectivity index (χ4n) is 2.30. The summed E-state index contributed by atoms with van der Waals surface area (Å²) in [6.07, 6.45) is 3.06. The lowest BCUT2D eigenvalue weighted by atomic mass is 10.1. The molecule has 1 fully saturated rings. The van der Waals surface area contributed by atoms with E-state index in [0.29, 0.717) is 18.0 Å². The zero-order valence-electron chi connectivity index (χ0n) is 16.7. The Hall–Kier alpha value is -1.51. The highest BCUT2D eigenvalue weighted by atomic mass is 127. The molecule has 6 nitrogen and oxygen atoms in total. The molecular weight excluding hydrogens is 455 g/mol. The van der Waals surface area contributed by atoms with Crippen LogP contribution in [0.4, 0.5) is 0 Å². The van der Waals surface area contributed by atoms with E-state index in [1.165, 1.54) is 5.56 Å². The Morgan fingerprint density at radius 2 is 1.89 bits per heavy atom. The van der Waals surface area contributed by atoms with Gasteiger partial charge in [-0.1, -0.05) is 26.0 Å². The molecule has 3 N–H and O–H groups in total. The summed E-state index contributed by atoms with van der Waals surface area (Å²) in [4.78, 5) is 15.9. The maximum Gasteiger partial charge on any atom is 0.258 e. The molecule has 152 valence electrons. The van der Waals surface area contributed by atoms with Gasteiger partial charge < -0.3 is 20.7 Å². The van der Waals surface area contributed by atoms with Crippen molar-refractivity contribution in [3.8, 4) is 5.75 Å². The number of hydrogen-bond acceptors (Lipinski definition) is 3. The Bertz CT molecular complexity index is 601. The van der Waals surface area contributed by atoms with Crippen molar-refractivity contribution in [3.05, 3.63) is 29.8 Å². The Morgan fingerprint density at radius 1 is 1.22 bits per heavy atom. The van der Waals surface area contributed by atoms with Gasteiger partial charge in [0.2, 0.25) is 0 Å². The average molecular weight is 488 g/mol. The van der Waals surface area contributed by atoms with Crippen molar-refractivity contribution in [2.24, 2.45) is 10.9 Å². The van der Waals surface area contributed by atoms with E-state index < -0.39 is 0 Å². The highest BCUT2D eigenvalue weighted by Crippen LogP contribution is 2.18. The number of hydrogen-bond donors (Lipinski definition) is 3. The number of nitrogens with zero attached hydrogens (tertiary/aromatic N) is 1. The molecule has 27 heavy (non-hydrogen) atoms. The number of guanidine groups is 1. The minimum atomic E-state index is -0.0460. The van der Waals surface area contributed by atoms with E-state index in [4.69, 9.17) is 4.74 Å². The van der Waals surface area contributed by atoms with Gasteiger partial charge in [0.25, 0.3) is 5.91 Å². The number of ether oxygens (including phenoxy) is 1. The van der Waals surface area contributed by atoms with Crippen LogP contribution in [-0.4, -0.2) is 44.1 Å². The molecule has 1 aromatic carbocycles. The van der Waals surface area contributed by atoms with Crippen LogP contribution in [0.5, 0.6) is 5.75 Å². The van der Waals surface area contributed by atoms with E-state index in [9.17, 15) is 4.79 Å². The van der Waals surface area contributed by atoms with Gasteiger partial charge in [0.15, 0.2) is 12.6 Å². The van der Waals surface area contributed by atoms with Gasteiger partial charge in [0.05, 0.1) is 0 Å². The van der Waals surface area contributed by atoms with Crippen LogP contribution < -0.4 is 20.7 Å². The number of halogens is 1. The van der Waals surface area contributed by atoms with E-state index in [2.05, 4.69) is 41.7 Å². The summed E-state index contributed by atoms with van der Waals surface area (Å²) in [6, 6.07) is 8.62. The summed E-state index contributed by atoms with van der Waals surface area (Å²) >= 11 is 0. The second kappa shape index (κ2) is 12.0. The number of carbonyl (C=O) groups excluding carboxylic acids is 1. The standard InChI is InChI=1S/C20H32N4O2.HI/c1-14(2)15(3)23-20(21-4)22-12-11-16-5-9-18(10-6-16)26-13-19(25)24-17-7-8-17;/h5-6,9-10,14-15,17H,7-8,11-13H2,1-4H3,(H,24,25)(H2,21,22,23);1H. The molecule has 0 spiro atoms. The molecule has 0 saturated heterocycles. The van der Waals surface area contributed by atoms with Crippen LogP contribution >= 0.6 is 24.0 Å². The molecule has 0 aromatic heterocycles. The third-order valence-electron chi connectivity index (χ3n) is 4.53. The highest BCUT2D eigenvalue weighted by Gasteiger charge is 2.23. The predicted octanol–water partition coefficient (Wildman–Crippen LogP) is 2.71. The zero-order valence-corrected chi connectivity index (χ0v) is 19.1. The highest BCUT2D eigenvalue weighted by molar-refractivity contribution is 14.0. The molecular formula is C20H33IN4O2. The van der Waals surface area contributed by atoms with E-state index in [-0.39, 0.29) is 36.5 Å². The molecule has 1 amide bonds. The Balaban J connectivity index is 0.00000364. The summed E-state index contributed by atoms with van der Waals surface area (Å²) in [6.45, 7) is 7.40. The number of benzene rings is 1. The number of rotatable bonds is 9. The average Bonchev–Trinajstić information content (AvgIpc) is 3.43. The summed E-state index contributed by atoms with van der Waals surface area (Å²) in [7, 11) is 1.79. The SMILES string of the molecule is CN=C(NCCc1ccc(OCC(=O)NC2CC2)cc1)NC(C)C(C)C.I. The zero-order chi connectivity index (χ0) is 18.9. The van der Waals surface area contributed by atoms with Gasteiger partial charge in [-0.3, -0.25) is 9.79 Å². The maximum absolute atomic E-state index is 11.6. The van der Waals surface area contributed by atoms with Gasteiger partial charge in [-0.15, -0.1) is 24.0 Å². The summed E-state index contributed by atoms with van der Waals surface area (Å²) in [5.74, 6) is 2.05. The molecule has 0 bridgehead atoms. The van der Waals surface area contributed by atoms with Crippen molar-refractivity contribution in [2.45, 2.75) is 52.1 Å². The van der Waals surface area contributed by atoms with Crippen molar-refractivity contribution in [1.29, 1.82) is 0 Å². The number of nitrogens with one attached hydrogen (secondary N) is 3. The van der Waals surface area contributed by atoms with Crippen molar-refractivity contribution < 1.29 is 9.53 Å². The molecule has 0 radical (unpaired) electrons. The second-order valence-electron chi connectivity index (χ2n) is 7.20. The topological polar surface area (TPSA) is 74.8 Å². The van der Waals surface area contributed by atoms with Gasteiger partial charge in [0, 0.05) is 25.7 Å². The summed E-state index contributed by atoms with van der Waals surface area (Å²) < 4.78 is 5.52. The van der Waals surface area contributed by atoms with Crippen LogP contribution in [0.15, 0.2) is 29.3 Å². The molecule has 7 heteroatoms. The quantitative estimate of drug-likeness (QED) is 0.284. The lowest BCUT2D eigenvalue weighted by molar-refractivity contribution is -0.123. The van der Waals surface area contributed by atoms with E-state index >= 15 is 0 Å². The molecule has 2 rings (SSSR count). The van der Waals surface area contributed by atoms with Crippen molar-refractivity contribution in [2.75, 3.05) is 20.2 Å². The van der Waals surface area contributed by atoms with Crippen LogP contribution in [0, 0.1) is 5.92 Å². The minimum absolute atomic E-state index is 0. The van der Waals surface area contributed by atoms with Crippen molar-refractivity contribution >= 4 is 35.8 Å². The molecule has 1 aromatic rings. The third kappa shape index (κ3) is 9.30. The van der Waals surface area contributed by atoms with E-state index in [0.717, 1.165) is 37.5 Å². The van der Waals surface area contributed by atoms with Crippen LogP contribution in [0.3, 0.4) is 0 Å². The van der Waals surface area contributed by atoms with Crippen molar-refractivity contribution in [3.63, 3.8) is 0 Å². The Labute approximate surface area is 179 Å². The first-order chi connectivity index (χ1) is 12.5. The van der Waals surface area contributed by atoms with Crippen LogP contribution in [0.2, 0.25) is 0 Å². The van der Waals surface area contributed by atoms with Gasteiger partial charge in [-0.05, 0) is 49.8 Å². The van der Waals surface area contributed by atoms with Crippen molar-refractivity contribution in [1.82, 2.24) is 16.0 Å². The summed E-state index contributed by atoms with van der Waals surface area (Å²) in [5, 5.41) is 9.64. The monoisotopic (exact) mass is 488 g/mol. The lowest BCUT2D eigenvalue weighted by Gasteiger charge is -2.20. The molecule has 1 atom stereocenters. The lowest BCUT2D eigenvalue weighted by Crippen LogP contribution is -2.44. The number of aliphatic imine (C=N–C) groups is 1. The second-order valence-corrected chi connectivity index (χ2v) is 7.20. The van der Waals surface area contributed by atoms with Gasteiger partial charge in [-0.25, -0.2) is 0 Å². The third-order valence-corrected chi connectivity index (χ3v) is 4.53. The summed E-state index contributed by atoms with van der Waals surface area (Å²) in [5.41, 5.74) is 1.21. The Morgan fingerprint density at radius 3 is 2.44 bits per heavy atom. The molecule has 0 heterocycles. The van der Waals surface area contributed by atoms with Crippen LogP contribution in [0.25, 0.3) is 0 Å². The Kier molecular flexibility index (Phi) is 10.5. The van der Waals surface area contributed by atoms with Gasteiger partial charge in [0.1, 0.15) is 5.75 Å². The minimum Gasteiger partial charge on any atom is -0.484 e.